The van der Waals surface area contributed by atoms with Crippen LogP contribution < -0.4 is 10.1 Å². The van der Waals surface area contributed by atoms with E-state index in [1.807, 2.05) is 30.8 Å². The van der Waals surface area contributed by atoms with E-state index in [-0.39, 0.29) is 6.04 Å². The summed E-state index contributed by atoms with van der Waals surface area (Å²) in [5, 5.41) is 8.54. The lowest BCUT2D eigenvalue weighted by Crippen LogP contribution is -2.24. The highest BCUT2D eigenvalue weighted by atomic mass is 35.5. The molecule has 0 aliphatic rings. The zero-order chi connectivity index (χ0) is 14.7. The van der Waals surface area contributed by atoms with Gasteiger partial charge in [-0.1, -0.05) is 30.7 Å². The van der Waals surface area contributed by atoms with Crippen LogP contribution in [0.3, 0.4) is 0 Å². The van der Waals surface area contributed by atoms with E-state index in [4.69, 9.17) is 16.3 Å². The van der Waals surface area contributed by atoms with Crippen LogP contribution in [0.1, 0.15) is 29.8 Å². The first-order chi connectivity index (χ1) is 9.58. The second-order valence-corrected chi connectivity index (χ2v) is 5.13. The molecular formula is C15H20ClN3O. The number of nitrogens with zero attached hydrogens (tertiary/aromatic N) is 2. The van der Waals surface area contributed by atoms with E-state index in [2.05, 4.69) is 23.4 Å². The normalized spacial score (nSPS) is 12.4. The standard InChI is InChI=1S/C15H20ClN3O/c1-5-17-14(11-6-7-12(16)10(2)8-11)15-13(20-4)9-18-19(15)3/h6-9,14,17H,5H2,1-4H3. The Bertz CT molecular complexity index is 595. The van der Waals surface area contributed by atoms with E-state index in [0.29, 0.717) is 0 Å². The molecule has 5 heteroatoms. The van der Waals surface area contributed by atoms with Crippen LogP contribution in [0, 0.1) is 6.92 Å². The van der Waals surface area contributed by atoms with Crippen LogP contribution in [0.15, 0.2) is 24.4 Å². The first-order valence-electron chi connectivity index (χ1n) is 6.63. The maximum atomic E-state index is 6.11. The summed E-state index contributed by atoms with van der Waals surface area (Å²) < 4.78 is 7.26. The third kappa shape index (κ3) is 2.81. The van der Waals surface area contributed by atoms with E-state index in [9.17, 15) is 0 Å². The number of benzene rings is 1. The molecule has 0 saturated carbocycles. The van der Waals surface area contributed by atoms with Gasteiger partial charge in [0.2, 0.25) is 0 Å². The number of methoxy groups -OCH3 is 1. The number of ether oxygens (including phenoxy) is 1. The van der Waals surface area contributed by atoms with Crippen molar-refractivity contribution in [3.05, 3.63) is 46.2 Å². The fourth-order valence-electron chi connectivity index (χ4n) is 2.34. The predicted molar refractivity (Wildman–Crippen MR) is 81.5 cm³/mol. The number of aromatic nitrogens is 2. The van der Waals surface area contributed by atoms with Crippen molar-refractivity contribution in [3.63, 3.8) is 0 Å². The van der Waals surface area contributed by atoms with Gasteiger partial charge in [0.15, 0.2) is 5.75 Å². The molecule has 0 aliphatic heterocycles. The second kappa shape index (κ2) is 6.29. The summed E-state index contributed by atoms with van der Waals surface area (Å²) in [6.07, 6.45) is 1.74. The molecule has 0 bridgehead atoms. The molecule has 1 aromatic heterocycles. The minimum absolute atomic E-state index is 0.0263. The number of nitrogens with one attached hydrogen (secondary N) is 1. The zero-order valence-electron chi connectivity index (χ0n) is 12.3. The van der Waals surface area contributed by atoms with Crippen molar-refractivity contribution < 1.29 is 4.74 Å². The second-order valence-electron chi connectivity index (χ2n) is 4.72. The third-order valence-electron chi connectivity index (χ3n) is 3.37. The van der Waals surface area contributed by atoms with Crippen molar-refractivity contribution in [2.24, 2.45) is 7.05 Å². The number of hydrogen-bond acceptors (Lipinski definition) is 3. The van der Waals surface area contributed by atoms with Crippen molar-refractivity contribution in [3.8, 4) is 5.75 Å². The van der Waals surface area contributed by atoms with Gasteiger partial charge in [0.1, 0.15) is 5.69 Å². The minimum Gasteiger partial charge on any atom is -0.493 e. The quantitative estimate of drug-likeness (QED) is 0.921. The van der Waals surface area contributed by atoms with Crippen molar-refractivity contribution in [2.75, 3.05) is 13.7 Å². The fraction of sp³-hybridized carbons (Fsp3) is 0.400. The van der Waals surface area contributed by atoms with Crippen molar-refractivity contribution >= 4 is 11.6 Å². The van der Waals surface area contributed by atoms with E-state index in [0.717, 1.165) is 34.1 Å². The summed E-state index contributed by atoms with van der Waals surface area (Å²) in [5.41, 5.74) is 3.22. The Balaban J connectivity index is 2.49. The highest BCUT2D eigenvalue weighted by Gasteiger charge is 2.22. The monoisotopic (exact) mass is 293 g/mol. The van der Waals surface area contributed by atoms with Crippen LogP contribution in [0.2, 0.25) is 5.02 Å². The average Bonchev–Trinajstić information content (AvgIpc) is 2.80. The van der Waals surface area contributed by atoms with Crippen molar-refractivity contribution in [1.82, 2.24) is 15.1 Å². The Morgan fingerprint density at radius 1 is 1.45 bits per heavy atom. The van der Waals surface area contributed by atoms with Gasteiger partial charge in [-0.15, -0.1) is 0 Å². The Hall–Kier alpha value is -1.52. The fourth-order valence-corrected chi connectivity index (χ4v) is 2.45. The lowest BCUT2D eigenvalue weighted by Gasteiger charge is -2.20. The summed E-state index contributed by atoms with van der Waals surface area (Å²) >= 11 is 6.11. The molecule has 2 aromatic rings. The van der Waals surface area contributed by atoms with Gasteiger partial charge in [-0.25, -0.2) is 0 Å². The van der Waals surface area contributed by atoms with Crippen LogP contribution in [0.5, 0.6) is 5.75 Å². The molecule has 1 heterocycles. The average molecular weight is 294 g/mol. The summed E-state index contributed by atoms with van der Waals surface area (Å²) in [7, 11) is 3.58. The molecule has 20 heavy (non-hydrogen) atoms. The molecular weight excluding hydrogens is 274 g/mol. The Labute approximate surface area is 124 Å². The van der Waals surface area contributed by atoms with Gasteiger partial charge in [0.25, 0.3) is 0 Å². The molecule has 108 valence electrons. The molecule has 0 radical (unpaired) electrons. The number of halogens is 1. The Morgan fingerprint density at radius 3 is 2.80 bits per heavy atom. The third-order valence-corrected chi connectivity index (χ3v) is 3.79. The molecule has 1 atom stereocenters. The zero-order valence-corrected chi connectivity index (χ0v) is 13.0. The van der Waals surface area contributed by atoms with Gasteiger partial charge in [0, 0.05) is 12.1 Å². The Kier molecular flexibility index (Phi) is 4.68. The molecule has 4 nitrogen and oxygen atoms in total. The molecule has 0 saturated heterocycles. The summed E-state index contributed by atoms with van der Waals surface area (Å²) in [4.78, 5) is 0. The number of hydrogen-bond donors (Lipinski definition) is 1. The maximum Gasteiger partial charge on any atom is 0.161 e. The molecule has 0 amide bonds. The predicted octanol–water partition coefficient (Wildman–Crippen LogP) is 3.09. The SMILES string of the molecule is CCNC(c1ccc(Cl)c(C)c1)c1c(OC)cnn1C. The molecule has 0 spiro atoms. The van der Waals surface area contributed by atoms with E-state index in [1.165, 1.54) is 0 Å². The van der Waals surface area contributed by atoms with Gasteiger partial charge in [0.05, 0.1) is 19.3 Å². The van der Waals surface area contributed by atoms with Crippen LogP contribution >= 0.6 is 11.6 Å². The largest absolute Gasteiger partial charge is 0.493 e. The smallest absolute Gasteiger partial charge is 0.161 e. The first kappa shape index (κ1) is 14.9. The lowest BCUT2D eigenvalue weighted by molar-refractivity contribution is 0.401. The Morgan fingerprint density at radius 2 is 2.20 bits per heavy atom. The van der Waals surface area contributed by atoms with E-state index >= 15 is 0 Å². The summed E-state index contributed by atoms with van der Waals surface area (Å²) in [5.74, 6) is 0.783. The highest BCUT2D eigenvalue weighted by Crippen LogP contribution is 2.31. The van der Waals surface area contributed by atoms with Crippen LogP contribution in [-0.2, 0) is 7.05 Å². The lowest BCUT2D eigenvalue weighted by atomic mass is 10.0. The molecule has 1 unspecified atom stereocenters. The molecule has 1 N–H and O–H groups in total. The van der Waals surface area contributed by atoms with Gasteiger partial charge in [-0.3, -0.25) is 4.68 Å². The van der Waals surface area contributed by atoms with Gasteiger partial charge in [-0.2, -0.15) is 5.10 Å². The number of rotatable bonds is 5. The number of aryl methyl sites for hydroxylation is 2. The van der Waals surface area contributed by atoms with Crippen LogP contribution in [0.25, 0.3) is 0 Å². The van der Waals surface area contributed by atoms with Crippen molar-refractivity contribution in [2.45, 2.75) is 19.9 Å². The van der Waals surface area contributed by atoms with Crippen molar-refractivity contribution in [1.29, 1.82) is 0 Å². The highest BCUT2D eigenvalue weighted by molar-refractivity contribution is 6.31. The molecule has 0 aliphatic carbocycles. The maximum absolute atomic E-state index is 6.11. The molecule has 2 rings (SSSR count). The topological polar surface area (TPSA) is 39.1 Å². The summed E-state index contributed by atoms with van der Waals surface area (Å²) in [6, 6.07) is 6.09. The van der Waals surface area contributed by atoms with E-state index in [1.54, 1.807) is 13.3 Å². The molecule has 0 fully saturated rings. The minimum atomic E-state index is 0.0263. The van der Waals surface area contributed by atoms with Gasteiger partial charge < -0.3 is 10.1 Å². The summed E-state index contributed by atoms with van der Waals surface area (Å²) in [6.45, 7) is 4.94. The first-order valence-corrected chi connectivity index (χ1v) is 7.01. The molecule has 1 aromatic carbocycles. The van der Waals surface area contributed by atoms with Gasteiger partial charge in [-0.05, 0) is 30.7 Å². The van der Waals surface area contributed by atoms with E-state index < -0.39 is 0 Å². The van der Waals surface area contributed by atoms with Crippen LogP contribution in [0.4, 0.5) is 0 Å². The van der Waals surface area contributed by atoms with Crippen LogP contribution in [-0.4, -0.2) is 23.4 Å². The van der Waals surface area contributed by atoms with Gasteiger partial charge >= 0.3 is 0 Å².